The quantitative estimate of drug-likeness (QED) is 0.652. The van der Waals surface area contributed by atoms with Crippen LogP contribution >= 0.6 is 0 Å². The molecule has 0 unspecified atom stereocenters. The molecule has 2 aromatic carbocycles. The highest BCUT2D eigenvalue weighted by Gasteiger charge is 2.24. The van der Waals surface area contributed by atoms with Crippen LogP contribution in [-0.4, -0.2) is 48.8 Å². The Hall–Kier alpha value is -2.96. The summed E-state index contributed by atoms with van der Waals surface area (Å²) >= 11 is 0. The molecule has 1 saturated heterocycles. The van der Waals surface area contributed by atoms with Crippen LogP contribution in [0.15, 0.2) is 53.1 Å². The fourth-order valence-electron chi connectivity index (χ4n) is 3.83. The summed E-state index contributed by atoms with van der Waals surface area (Å²) in [6, 6.07) is 16.3. The first-order valence-corrected chi connectivity index (χ1v) is 10.7. The largest absolute Gasteiger partial charge is 0.379 e. The number of nitrogens with zero attached hydrogens (tertiary/aromatic N) is 2. The van der Waals surface area contributed by atoms with E-state index in [4.69, 9.17) is 9.26 Å². The Morgan fingerprint density at radius 1 is 1.03 bits per heavy atom. The summed E-state index contributed by atoms with van der Waals surface area (Å²) in [6.07, 6.45) is 0. The minimum absolute atomic E-state index is 0.0829. The summed E-state index contributed by atoms with van der Waals surface area (Å²) in [6.45, 7) is 9.79. The Labute approximate surface area is 183 Å². The number of carbonyl (C=O) groups excluding carboxylic acids is 1. The smallest absolute Gasteiger partial charge is 0.273 e. The SMILES string of the molecule is Cc1ccc([C@@H](CNC(=O)c2cc(-c3ccc(C)c(C)c3)on2)N2CCOCC2)cc1. The third-order valence-electron chi connectivity index (χ3n) is 5.94. The van der Waals surface area contributed by atoms with Crippen molar-refractivity contribution in [1.82, 2.24) is 15.4 Å². The average Bonchev–Trinajstić information content (AvgIpc) is 3.28. The molecule has 1 aliphatic heterocycles. The van der Waals surface area contributed by atoms with E-state index in [9.17, 15) is 4.79 Å². The van der Waals surface area contributed by atoms with E-state index < -0.39 is 0 Å². The molecular formula is C25H29N3O3. The van der Waals surface area contributed by atoms with E-state index in [1.54, 1.807) is 6.07 Å². The highest BCUT2D eigenvalue weighted by Crippen LogP contribution is 2.24. The standard InChI is InChI=1S/C25H29N3O3/c1-17-4-7-20(8-5-17)23(28-10-12-30-13-11-28)16-26-25(29)22-15-24(31-27-22)21-9-6-18(2)19(3)14-21/h4-9,14-15,23H,10-13,16H2,1-3H3,(H,26,29)/t23-/m1/s1. The number of hydrogen-bond donors (Lipinski definition) is 1. The zero-order valence-corrected chi connectivity index (χ0v) is 18.4. The molecule has 31 heavy (non-hydrogen) atoms. The topological polar surface area (TPSA) is 67.6 Å². The molecule has 0 spiro atoms. The summed E-state index contributed by atoms with van der Waals surface area (Å²) < 4.78 is 11.0. The van der Waals surface area contributed by atoms with Crippen LogP contribution in [-0.2, 0) is 4.74 Å². The zero-order valence-electron chi connectivity index (χ0n) is 18.4. The molecule has 0 saturated carbocycles. The lowest BCUT2D eigenvalue weighted by Gasteiger charge is -2.35. The molecular weight excluding hydrogens is 390 g/mol. The maximum absolute atomic E-state index is 12.8. The van der Waals surface area contributed by atoms with Crippen LogP contribution in [0.3, 0.4) is 0 Å². The number of amides is 1. The van der Waals surface area contributed by atoms with Crippen LogP contribution in [0.1, 0.15) is 38.8 Å². The van der Waals surface area contributed by atoms with Crippen molar-refractivity contribution in [2.75, 3.05) is 32.8 Å². The molecule has 1 atom stereocenters. The molecule has 1 aromatic heterocycles. The highest BCUT2D eigenvalue weighted by atomic mass is 16.5. The van der Waals surface area contributed by atoms with E-state index in [1.807, 2.05) is 18.2 Å². The maximum atomic E-state index is 12.8. The number of ether oxygens (including phenoxy) is 1. The van der Waals surface area contributed by atoms with Crippen molar-refractivity contribution >= 4 is 5.91 Å². The van der Waals surface area contributed by atoms with Gasteiger partial charge in [-0.1, -0.05) is 47.1 Å². The van der Waals surface area contributed by atoms with Gasteiger partial charge in [-0.2, -0.15) is 0 Å². The molecule has 1 fully saturated rings. The number of nitrogens with one attached hydrogen (secondary N) is 1. The van der Waals surface area contributed by atoms with Crippen molar-refractivity contribution in [3.8, 4) is 11.3 Å². The van der Waals surface area contributed by atoms with E-state index >= 15 is 0 Å². The van der Waals surface area contributed by atoms with Gasteiger partial charge in [-0.25, -0.2) is 0 Å². The van der Waals surface area contributed by atoms with Gasteiger partial charge in [0.15, 0.2) is 11.5 Å². The first-order chi connectivity index (χ1) is 15.0. The van der Waals surface area contributed by atoms with Gasteiger partial charge in [-0.15, -0.1) is 0 Å². The van der Waals surface area contributed by atoms with Gasteiger partial charge in [0.05, 0.1) is 19.3 Å². The molecule has 4 rings (SSSR count). The van der Waals surface area contributed by atoms with Gasteiger partial charge in [-0.05, 0) is 43.5 Å². The Morgan fingerprint density at radius 2 is 1.77 bits per heavy atom. The van der Waals surface area contributed by atoms with E-state index in [2.05, 4.69) is 60.4 Å². The fourth-order valence-corrected chi connectivity index (χ4v) is 3.83. The van der Waals surface area contributed by atoms with Crippen LogP contribution in [0, 0.1) is 20.8 Å². The van der Waals surface area contributed by atoms with Crippen molar-refractivity contribution in [1.29, 1.82) is 0 Å². The minimum Gasteiger partial charge on any atom is -0.379 e. The third kappa shape index (κ3) is 5.03. The lowest BCUT2D eigenvalue weighted by atomic mass is 10.0. The van der Waals surface area contributed by atoms with Gasteiger partial charge in [0, 0.05) is 31.3 Å². The molecule has 3 aromatic rings. The Balaban J connectivity index is 1.47. The summed E-state index contributed by atoms with van der Waals surface area (Å²) in [5.41, 5.74) is 6.00. The molecule has 162 valence electrons. The van der Waals surface area contributed by atoms with Gasteiger partial charge in [0.2, 0.25) is 0 Å². The van der Waals surface area contributed by atoms with Gasteiger partial charge in [-0.3, -0.25) is 9.69 Å². The average molecular weight is 420 g/mol. The molecule has 0 aliphatic carbocycles. The van der Waals surface area contributed by atoms with Crippen molar-refractivity contribution < 1.29 is 14.1 Å². The van der Waals surface area contributed by atoms with Crippen LogP contribution in [0.4, 0.5) is 0 Å². The number of benzene rings is 2. The number of morpholine rings is 1. The molecule has 1 aliphatic rings. The van der Waals surface area contributed by atoms with Gasteiger partial charge in [0.25, 0.3) is 5.91 Å². The monoisotopic (exact) mass is 419 g/mol. The van der Waals surface area contributed by atoms with E-state index in [-0.39, 0.29) is 17.6 Å². The van der Waals surface area contributed by atoms with Crippen LogP contribution < -0.4 is 5.32 Å². The normalized spacial score (nSPS) is 15.6. The van der Waals surface area contributed by atoms with Crippen molar-refractivity contribution in [3.05, 3.63) is 76.5 Å². The number of hydrogen-bond acceptors (Lipinski definition) is 5. The maximum Gasteiger partial charge on any atom is 0.273 e. The summed E-state index contributed by atoms with van der Waals surface area (Å²) in [4.78, 5) is 15.2. The van der Waals surface area contributed by atoms with E-state index in [0.717, 1.165) is 18.7 Å². The molecule has 0 radical (unpaired) electrons. The second-order valence-corrected chi connectivity index (χ2v) is 8.16. The molecule has 6 nitrogen and oxygen atoms in total. The third-order valence-corrected chi connectivity index (χ3v) is 5.94. The van der Waals surface area contributed by atoms with Crippen molar-refractivity contribution in [3.63, 3.8) is 0 Å². The molecule has 6 heteroatoms. The molecule has 2 heterocycles. The van der Waals surface area contributed by atoms with Crippen molar-refractivity contribution in [2.24, 2.45) is 0 Å². The van der Waals surface area contributed by atoms with Crippen LogP contribution in [0.25, 0.3) is 11.3 Å². The van der Waals surface area contributed by atoms with E-state index in [0.29, 0.717) is 25.5 Å². The fraction of sp³-hybridized carbons (Fsp3) is 0.360. The predicted molar refractivity (Wildman–Crippen MR) is 120 cm³/mol. The number of aromatic nitrogens is 1. The van der Waals surface area contributed by atoms with Crippen LogP contribution in [0.5, 0.6) is 0 Å². The number of aryl methyl sites for hydroxylation is 3. The van der Waals surface area contributed by atoms with Crippen molar-refractivity contribution in [2.45, 2.75) is 26.8 Å². The second-order valence-electron chi connectivity index (χ2n) is 8.16. The number of carbonyl (C=O) groups is 1. The minimum atomic E-state index is -0.232. The summed E-state index contributed by atoms with van der Waals surface area (Å²) in [7, 11) is 0. The second kappa shape index (κ2) is 9.45. The molecule has 0 bridgehead atoms. The Kier molecular flexibility index (Phi) is 6.49. The highest BCUT2D eigenvalue weighted by molar-refractivity contribution is 5.93. The summed E-state index contributed by atoms with van der Waals surface area (Å²) in [5, 5.41) is 7.05. The van der Waals surface area contributed by atoms with Gasteiger partial charge < -0.3 is 14.6 Å². The molecule has 1 N–H and O–H groups in total. The number of rotatable bonds is 6. The first kappa shape index (κ1) is 21.3. The first-order valence-electron chi connectivity index (χ1n) is 10.7. The summed E-state index contributed by atoms with van der Waals surface area (Å²) in [5.74, 6) is 0.362. The molecule has 1 amide bonds. The van der Waals surface area contributed by atoms with Gasteiger partial charge >= 0.3 is 0 Å². The Bertz CT molecular complexity index is 1040. The lowest BCUT2D eigenvalue weighted by molar-refractivity contribution is 0.0162. The van der Waals surface area contributed by atoms with Gasteiger partial charge in [0.1, 0.15) is 0 Å². The lowest BCUT2D eigenvalue weighted by Crippen LogP contribution is -2.43. The Morgan fingerprint density at radius 3 is 2.48 bits per heavy atom. The van der Waals surface area contributed by atoms with Crippen LogP contribution in [0.2, 0.25) is 0 Å². The van der Waals surface area contributed by atoms with E-state index in [1.165, 1.54) is 22.3 Å². The zero-order chi connectivity index (χ0) is 21.8. The predicted octanol–water partition coefficient (Wildman–Crippen LogP) is 4.07.